The van der Waals surface area contributed by atoms with Crippen LogP contribution in [0.1, 0.15) is 98.3 Å². The molecule has 4 saturated carbocycles. The van der Waals surface area contributed by atoms with Gasteiger partial charge >= 0.3 is 0 Å². The molecule has 174 valence electrons. The highest BCUT2D eigenvalue weighted by Crippen LogP contribution is 2.69. The lowest BCUT2D eigenvalue weighted by Crippen LogP contribution is -2.54. The molecule has 0 aromatic carbocycles. The van der Waals surface area contributed by atoms with E-state index in [2.05, 4.69) is 52.3 Å². The normalized spacial score (nSPS) is 43.3. The molecule has 0 amide bonds. The lowest BCUT2D eigenvalue weighted by atomic mass is 9.43. The molecular formula is C30H49N. The molecule has 0 bridgehead atoms. The summed E-state index contributed by atoms with van der Waals surface area (Å²) in [5.41, 5.74) is 5.59. The average molecular weight is 424 g/mol. The molecule has 4 rings (SSSR count). The van der Waals surface area contributed by atoms with Crippen molar-refractivity contribution in [1.29, 1.82) is 0 Å². The van der Waals surface area contributed by atoms with Gasteiger partial charge in [0.15, 0.2) is 0 Å². The van der Waals surface area contributed by atoms with Crippen LogP contribution in [0.4, 0.5) is 0 Å². The molecule has 0 aromatic rings. The zero-order chi connectivity index (χ0) is 22.4. The first-order valence-electron chi connectivity index (χ1n) is 13.5. The molecule has 1 heteroatoms. The van der Waals surface area contributed by atoms with Gasteiger partial charge in [-0.2, -0.15) is 0 Å². The lowest BCUT2D eigenvalue weighted by molar-refractivity contribution is -0.0696. The van der Waals surface area contributed by atoms with Crippen molar-refractivity contribution in [2.75, 3.05) is 13.6 Å². The Kier molecular flexibility index (Phi) is 6.55. The number of rotatable bonds is 6. The Labute approximate surface area is 193 Å². The molecule has 31 heavy (non-hydrogen) atoms. The molecule has 4 aliphatic rings. The molecule has 0 aliphatic heterocycles. The molecule has 0 N–H and O–H groups in total. The second kappa shape index (κ2) is 8.75. The zero-order valence-corrected chi connectivity index (χ0v) is 21.3. The van der Waals surface area contributed by atoms with Gasteiger partial charge in [-0.1, -0.05) is 45.9 Å². The summed E-state index contributed by atoms with van der Waals surface area (Å²) in [6.45, 7) is 20.1. The largest absolute Gasteiger partial charge is 0.379 e. The highest BCUT2D eigenvalue weighted by molar-refractivity contribution is 5.40. The van der Waals surface area contributed by atoms with Gasteiger partial charge in [-0.3, -0.25) is 0 Å². The van der Waals surface area contributed by atoms with Crippen LogP contribution in [-0.2, 0) is 0 Å². The van der Waals surface area contributed by atoms with Crippen molar-refractivity contribution in [2.24, 2.45) is 40.4 Å². The molecule has 4 fully saturated rings. The van der Waals surface area contributed by atoms with Crippen LogP contribution in [0.5, 0.6) is 0 Å². The standard InChI is InChI=1S/C30H49N/c1-8-24-22(4)28-26-17-16-23(14-12-13-21(3)31(7)9-2)29(26,5)20-18-27(28)30(6)19-11-10-15-25(24)30/h8,23,25-28H,3-4,9-20H2,1-2,5-7H3/b24-8-. The highest BCUT2D eigenvalue weighted by atomic mass is 15.1. The van der Waals surface area contributed by atoms with Crippen molar-refractivity contribution >= 4 is 0 Å². The third-order valence-electron chi connectivity index (χ3n) is 11.1. The van der Waals surface area contributed by atoms with Gasteiger partial charge in [0.1, 0.15) is 0 Å². The number of nitrogens with zero attached hydrogens (tertiary/aromatic N) is 1. The van der Waals surface area contributed by atoms with Crippen LogP contribution in [0.2, 0.25) is 0 Å². The predicted molar refractivity (Wildman–Crippen MR) is 135 cm³/mol. The van der Waals surface area contributed by atoms with Gasteiger partial charge in [0.05, 0.1) is 0 Å². The van der Waals surface area contributed by atoms with Crippen LogP contribution in [0.15, 0.2) is 36.1 Å². The summed E-state index contributed by atoms with van der Waals surface area (Å²) < 4.78 is 0. The molecular weight excluding hydrogens is 374 g/mol. The van der Waals surface area contributed by atoms with Gasteiger partial charge in [0.2, 0.25) is 0 Å². The zero-order valence-electron chi connectivity index (χ0n) is 21.3. The first-order valence-corrected chi connectivity index (χ1v) is 13.5. The van der Waals surface area contributed by atoms with Crippen molar-refractivity contribution in [2.45, 2.75) is 98.3 Å². The third-order valence-corrected chi connectivity index (χ3v) is 11.1. The maximum Gasteiger partial charge on any atom is 0.0143 e. The Hall–Kier alpha value is -0.980. The maximum atomic E-state index is 4.82. The number of fused-ring (bicyclic) bond motifs is 5. The van der Waals surface area contributed by atoms with E-state index in [1.165, 1.54) is 76.3 Å². The second-order valence-electron chi connectivity index (χ2n) is 12.1. The van der Waals surface area contributed by atoms with E-state index in [1.807, 2.05) is 0 Å². The summed E-state index contributed by atoms with van der Waals surface area (Å²) in [6, 6.07) is 0. The summed E-state index contributed by atoms with van der Waals surface area (Å²) in [5.74, 6) is 4.17. The first-order chi connectivity index (χ1) is 14.8. The fraction of sp³-hybridized carbons (Fsp3) is 0.800. The molecule has 0 heterocycles. The third kappa shape index (κ3) is 3.67. The fourth-order valence-corrected chi connectivity index (χ4v) is 9.03. The first kappa shape index (κ1) is 23.2. The minimum absolute atomic E-state index is 0.522. The number of allylic oxidation sites excluding steroid dienone is 4. The van der Waals surface area contributed by atoms with Gasteiger partial charge in [-0.25, -0.2) is 0 Å². The van der Waals surface area contributed by atoms with E-state index in [0.29, 0.717) is 10.8 Å². The molecule has 7 atom stereocenters. The van der Waals surface area contributed by atoms with Crippen LogP contribution < -0.4 is 0 Å². The fourth-order valence-electron chi connectivity index (χ4n) is 9.03. The minimum Gasteiger partial charge on any atom is -0.379 e. The van der Waals surface area contributed by atoms with Crippen molar-refractivity contribution in [3.8, 4) is 0 Å². The van der Waals surface area contributed by atoms with E-state index >= 15 is 0 Å². The van der Waals surface area contributed by atoms with Gasteiger partial charge in [-0.05, 0) is 123 Å². The smallest absolute Gasteiger partial charge is 0.0143 e. The van der Waals surface area contributed by atoms with E-state index in [0.717, 1.165) is 36.1 Å². The van der Waals surface area contributed by atoms with E-state index in [4.69, 9.17) is 6.58 Å². The Morgan fingerprint density at radius 1 is 1.06 bits per heavy atom. The van der Waals surface area contributed by atoms with E-state index in [-0.39, 0.29) is 0 Å². The Bertz CT molecular complexity index is 731. The summed E-state index contributed by atoms with van der Waals surface area (Å²) in [7, 11) is 2.18. The SMILES string of the molecule is C=C1/C(=C/C)C2CCCCC2(C)C2CCC3(C)C(CCCC(=C)N(C)CC)CCC3C12. The summed E-state index contributed by atoms with van der Waals surface area (Å²) in [4.78, 5) is 2.32. The Morgan fingerprint density at radius 3 is 2.52 bits per heavy atom. The summed E-state index contributed by atoms with van der Waals surface area (Å²) >= 11 is 0. The van der Waals surface area contributed by atoms with Gasteiger partial charge in [0.25, 0.3) is 0 Å². The van der Waals surface area contributed by atoms with Gasteiger partial charge < -0.3 is 4.90 Å². The molecule has 1 nitrogen and oxygen atoms in total. The van der Waals surface area contributed by atoms with Gasteiger partial charge in [-0.15, -0.1) is 0 Å². The molecule has 0 spiro atoms. The van der Waals surface area contributed by atoms with E-state index in [1.54, 1.807) is 11.1 Å². The molecule has 7 unspecified atom stereocenters. The number of hydrogen-bond acceptors (Lipinski definition) is 1. The monoisotopic (exact) mass is 423 g/mol. The summed E-state index contributed by atoms with van der Waals surface area (Å²) in [6.07, 6.45) is 17.8. The quantitative estimate of drug-likeness (QED) is 0.414. The molecule has 0 aromatic heterocycles. The van der Waals surface area contributed by atoms with Gasteiger partial charge in [0, 0.05) is 19.3 Å². The van der Waals surface area contributed by atoms with Crippen LogP contribution in [0.3, 0.4) is 0 Å². The molecule has 4 aliphatic carbocycles. The van der Waals surface area contributed by atoms with E-state index < -0.39 is 0 Å². The van der Waals surface area contributed by atoms with Crippen molar-refractivity contribution < 1.29 is 0 Å². The Morgan fingerprint density at radius 2 is 1.81 bits per heavy atom. The van der Waals surface area contributed by atoms with Crippen LogP contribution in [-0.4, -0.2) is 18.5 Å². The highest BCUT2D eigenvalue weighted by Gasteiger charge is 2.61. The van der Waals surface area contributed by atoms with Crippen LogP contribution in [0.25, 0.3) is 0 Å². The molecule has 0 saturated heterocycles. The Balaban J connectivity index is 1.52. The minimum atomic E-state index is 0.522. The lowest BCUT2D eigenvalue weighted by Gasteiger charge is -2.62. The summed E-state index contributed by atoms with van der Waals surface area (Å²) in [5, 5.41) is 0. The van der Waals surface area contributed by atoms with Crippen molar-refractivity contribution in [3.63, 3.8) is 0 Å². The van der Waals surface area contributed by atoms with Crippen LogP contribution in [0, 0.1) is 40.4 Å². The maximum absolute atomic E-state index is 4.82. The van der Waals surface area contributed by atoms with Crippen molar-refractivity contribution in [3.05, 3.63) is 36.1 Å². The molecule has 0 radical (unpaired) electrons. The van der Waals surface area contributed by atoms with Crippen LogP contribution >= 0.6 is 0 Å². The van der Waals surface area contributed by atoms with E-state index in [9.17, 15) is 0 Å². The second-order valence-corrected chi connectivity index (χ2v) is 12.1. The average Bonchev–Trinajstić information content (AvgIpc) is 3.09. The topological polar surface area (TPSA) is 3.24 Å². The van der Waals surface area contributed by atoms with Crippen molar-refractivity contribution in [1.82, 2.24) is 4.90 Å². The predicted octanol–water partition coefficient (Wildman–Crippen LogP) is 8.39. The number of hydrogen-bond donors (Lipinski definition) is 0.